The number of rotatable bonds is 8. The zero-order valence-electron chi connectivity index (χ0n) is 20.6. The fourth-order valence-electron chi connectivity index (χ4n) is 5.20. The maximum atomic E-state index is 13.3. The zero-order chi connectivity index (χ0) is 25.1. The number of carbonyl (C=O) groups excluding carboxylic acids is 1. The van der Waals surface area contributed by atoms with Gasteiger partial charge >= 0.3 is 0 Å². The SMILES string of the molecule is COc1ccc(CCN2c3ccccc3C(=O)N(C[C@H](O)CN3CCc4ccccc4C3)C2O)cc1. The molecular formula is C29H33N3O4. The fraction of sp³-hybridized carbons (Fsp3) is 0.345. The van der Waals surface area contributed by atoms with Gasteiger partial charge in [0.25, 0.3) is 5.91 Å². The van der Waals surface area contributed by atoms with Crippen molar-refractivity contribution in [1.82, 2.24) is 9.80 Å². The molecule has 7 heteroatoms. The second kappa shape index (κ2) is 10.7. The predicted octanol–water partition coefficient (Wildman–Crippen LogP) is 2.90. The van der Waals surface area contributed by atoms with Crippen molar-refractivity contribution >= 4 is 11.6 Å². The van der Waals surface area contributed by atoms with Gasteiger partial charge in [-0.25, -0.2) is 0 Å². The van der Waals surface area contributed by atoms with Crippen LogP contribution in [0.1, 0.15) is 27.0 Å². The van der Waals surface area contributed by atoms with Crippen molar-refractivity contribution in [3.05, 3.63) is 95.1 Å². The smallest absolute Gasteiger partial charge is 0.259 e. The van der Waals surface area contributed by atoms with Crippen LogP contribution < -0.4 is 9.64 Å². The van der Waals surface area contributed by atoms with Gasteiger partial charge in [0.1, 0.15) is 5.75 Å². The molecule has 0 bridgehead atoms. The molecule has 7 nitrogen and oxygen atoms in total. The zero-order valence-corrected chi connectivity index (χ0v) is 20.6. The molecule has 2 aliphatic heterocycles. The number of aliphatic hydroxyl groups excluding tert-OH is 2. The van der Waals surface area contributed by atoms with E-state index in [0.717, 1.165) is 30.8 Å². The van der Waals surface area contributed by atoms with Crippen molar-refractivity contribution in [3.63, 3.8) is 0 Å². The summed E-state index contributed by atoms with van der Waals surface area (Å²) < 4.78 is 5.24. The van der Waals surface area contributed by atoms with Crippen LogP contribution in [0.25, 0.3) is 0 Å². The van der Waals surface area contributed by atoms with Gasteiger partial charge in [-0.15, -0.1) is 0 Å². The fourth-order valence-corrected chi connectivity index (χ4v) is 5.20. The molecule has 1 unspecified atom stereocenters. The molecule has 0 aliphatic carbocycles. The summed E-state index contributed by atoms with van der Waals surface area (Å²) in [5.41, 5.74) is 4.99. The number of methoxy groups -OCH3 is 1. The molecule has 2 aliphatic rings. The third-order valence-corrected chi connectivity index (χ3v) is 7.15. The molecule has 2 heterocycles. The maximum absolute atomic E-state index is 13.3. The van der Waals surface area contributed by atoms with E-state index >= 15 is 0 Å². The first-order valence-electron chi connectivity index (χ1n) is 12.5. The lowest BCUT2D eigenvalue weighted by Crippen LogP contribution is -2.58. The van der Waals surface area contributed by atoms with Crippen molar-refractivity contribution in [2.24, 2.45) is 0 Å². The number of carbonyl (C=O) groups is 1. The number of hydrogen-bond acceptors (Lipinski definition) is 6. The monoisotopic (exact) mass is 487 g/mol. The van der Waals surface area contributed by atoms with Crippen LogP contribution in [0.2, 0.25) is 0 Å². The third kappa shape index (κ3) is 5.09. The lowest BCUT2D eigenvalue weighted by atomic mass is 9.99. The molecule has 0 saturated heterocycles. The summed E-state index contributed by atoms with van der Waals surface area (Å²) in [5.74, 6) is 0.534. The number of hydrogen-bond donors (Lipinski definition) is 2. The lowest BCUT2D eigenvalue weighted by Gasteiger charge is -2.43. The van der Waals surface area contributed by atoms with Gasteiger partial charge in [0.2, 0.25) is 6.35 Å². The molecular weight excluding hydrogens is 454 g/mol. The maximum Gasteiger partial charge on any atom is 0.259 e. The Balaban J connectivity index is 1.28. The first-order chi connectivity index (χ1) is 17.5. The number of nitrogens with zero attached hydrogens (tertiary/aromatic N) is 3. The Kier molecular flexibility index (Phi) is 7.23. The van der Waals surface area contributed by atoms with Crippen LogP contribution in [-0.4, -0.2) is 71.7 Å². The Bertz CT molecular complexity index is 1200. The van der Waals surface area contributed by atoms with E-state index in [1.165, 1.54) is 16.0 Å². The molecule has 0 aromatic heterocycles. The highest BCUT2D eigenvalue weighted by molar-refractivity contribution is 6.01. The summed E-state index contributed by atoms with van der Waals surface area (Å²) in [4.78, 5) is 18.7. The van der Waals surface area contributed by atoms with Gasteiger partial charge in [0.15, 0.2) is 0 Å². The standard InChI is InChI=1S/C29H33N3O4/c1-36-25-12-10-21(11-13-25)14-17-31-27-9-5-4-8-26(27)28(34)32(29(31)35)20-24(33)19-30-16-15-22-6-2-3-7-23(22)18-30/h2-13,24,29,33,35H,14-20H2,1H3/t24-,29?/m1/s1. The van der Waals surface area contributed by atoms with Crippen molar-refractivity contribution < 1.29 is 19.7 Å². The largest absolute Gasteiger partial charge is 0.497 e. The number of β-amino-alcohol motifs (C(OH)–C–C–N with tert-alkyl or cyclic N) is 1. The topological polar surface area (TPSA) is 76.5 Å². The molecule has 2 atom stereocenters. The van der Waals surface area contributed by atoms with E-state index in [1.54, 1.807) is 13.2 Å². The average Bonchev–Trinajstić information content (AvgIpc) is 2.91. The molecule has 5 rings (SSSR count). The van der Waals surface area contributed by atoms with E-state index in [0.29, 0.717) is 30.8 Å². The molecule has 36 heavy (non-hydrogen) atoms. The quantitative estimate of drug-likeness (QED) is 0.509. The molecule has 0 spiro atoms. The highest BCUT2D eigenvalue weighted by atomic mass is 16.5. The Labute approximate surface area is 212 Å². The van der Waals surface area contributed by atoms with Crippen LogP contribution in [0.15, 0.2) is 72.8 Å². The first-order valence-corrected chi connectivity index (χ1v) is 12.5. The van der Waals surface area contributed by atoms with Crippen LogP contribution in [0.4, 0.5) is 5.69 Å². The minimum absolute atomic E-state index is 0.0610. The molecule has 3 aromatic rings. The Morgan fingerprint density at radius 3 is 2.44 bits per heavy atom. The minimum atomic E-state index is -1.15. The van der Waals surface area contributed by atoms with Crippen LogP contribution in [0, 0.1) is 0 Å². The van der Waals surface area contributed by atoms with Gasteiger partial charge in [-0.2, -0.15) is 0 Å². The van der Waals surface area contributed by atoms with Crippen molar-refractivity contribution in [2.75, 3.05) is 38.2 Å². The number of fused-ring (bicyclic) bond motifs is 2. The molecule has 0 fully saturated rings. The van der Waals surface area contributed by atoms with E-state index in [2.05, 4.69) is 23.1 Å². The Hall–Kier alpha value is -3.39. The Morgan fingerprint density at radius 1 is 0.944 bits per heavy atom. The van der Waals surface area contributed by atoms with Crippen molar-refractivity contribution in [1.29, 1.82) is 0 Å². The minimum Gasteiger partial charge on any atom is -0.497 e. The number of para-hydroxylation sites is 1. The van der Waals surface area contributed by atoms with Gasteiger partial charge in [-0.1, -0.05) is 48.5 Å². The summed E-state index contributed by atoms with van der Waals surface area (Å²) in [6, 6.07) is 23.6. The van der Waals surface area contributed by atoms with Gasteiger partial charge in [0.05, 0.1) is 31.0 Å². The lowest BCUT2D eigenvalue weighted by molar-refractivity contribution is -0.0226. The molecule has 0 radical (unpaired) electrons. The number of amides is 1. The molecule has 2 N–H and O–H groups in total. The van der Waals surface area contributed by atoms with E-state index in [4.69, 9.17) is 4.74 Å². The van der Waals surface area contributed by atoms with Crippen molar-refractivity contribution in [3.8, 4) is 5.75 Å². The molecule has 3 aromatic carbocycles. The van der Waals surface area contributed by atoms with E-state index in [9.17, 15) is 15.0 Å². The number of aliphatic hydroxyl groups is 2. The highest BCUT2D eigenvalue weighted by Gasteiger charge is 2.37. The van der Waals surface area contributed by atoms with Crippen LogP contribution >= 0.6 is 0 Å². The predicted molar refractivity (Wildman–Crippen MR) is 139 cm³/mol. The van der Waals surface area contributed by atoms with Crippen LogP contribution in [0.5, 0.6) is 5.75 Å². The Morgan fingerprint density at radius 2 is 1.67 bits per heavy atom. The molecule has 1 amide bonds. The number of anilines is 1. The molecule has 188 valence electrons. The first kappa shape index (κ1) is 24.3. The van der Waals surface area contributed by atoms with Gasteiger partial charge in [0, 0.05) is 26.2 Å². The number of benzene rings is 3. The summed E-state index contributed by atoms with van der Waals surface area (Å²) in [7, 11) is 1.64. The van der Waals surface area contributed by atoms with Gasteiger partial charge in [-0.05, 0) is 53.8 Å². The second-order valence-electron chi connectivity index (χ2n) is 9.52. The van der Waals surface area contributed by atoms with Crippen LogP contribution in [-0.2, 0) is 19.4 Å². The summed E-state index contributed by atoms with van der Waals surface area (Å²) in [6.45, 7) is 2.67. The third-order valence-electron chi connectivity index (χ3n) is 7.15. The van der Waals surface area contributed by atoms with Gasteiger partial charge in [-0.3, -0.25) is 14.6 Å². The van der Waals surface area contributed by atoms with E-state index in [1.807, 2.05) is 53.4 Å². The number of ether oxygens (including phenoxy) is 1. The highest BCUT2D eigenvalue weighted by Crippen LogP contribution is 2.31. The summed E-state index contributed by atoms with van der Waals surface area (Å²) in [5, 5.41) is 22.2. The van der Waals surface area contributed by atoms with E-state index in [-0.39, 0.29) is 12.5 Å². The second-order valence-corrected chi connectivity index (χ2v) is 9.52. The average molecular weight is 488 g/mol. The molecule has 0 saturated carbocycles. The van der Waals surface area contributed by atoms with Crippen molar-refractivity contribution in [2.45, 2.75) is 31.8 Å². The van der Waals surface area contributed by atoms with E-state index < -0.39 is 12.5 Å². The normalized spacial score (nSPS) is 18.5. The van der Waals surface area contributed by atoms with Crippen LogP contribution in [0.3, 0.4) is 0 Å². The summed E-state index contributed by atoms with van der Waals surface area (Å²) >= 11 is 0. The summed E-state index contributed by atoms with van der Waals surface area (Å²) in [6.07, 6.45) is -0.293. The van der Waals surface area contributed by atoms with Gasteiger partial charge < -0.3 is 19.8 Å².